The standard InChI is InChI=1S/C43H81N17O13/c1-4-22(2)32(59-38(69)25(12-6-8-18-45)54-34(65)24(46)11-5-7-17-44)40(71)57-28(15-16-31(63)64)37(68)56-26(13-9-19-52-42(48)49)35(66)55-27(14-10-20-53-43(50)51)36(67)58-29(21-30(47)62)39(70)60-33(23(3)61)41(72)73/h22-29,32-33,61H,4-21,44-46H2,1-3H3,(H2,47,62)(H,54,65)(H,55,66)(H,56,68)(H,57,71)(H,58,67)(H,59,69)(H,60,70)(H,63,64)(H,72,73)(H4,48,49,52)(H4,50,51,53). The number of carbonyl (C=O) groups excluding carboxylic acids is 8. The van der Waals surface area contributed by atoms with Crippen LogP contribution >= 0.6 is 0 Å². The number of aliphatic hydroxyl groups is 1. The molecule has 30 nitrogen and oxygen atoms in total. The second-order valence-electron chi connectivity index (χ2n) is 17.4. The number of nitrogens with one attached hydrogen (secondary N) is 7. The van der Waals surface area contributed by atoms with Crippen molar-refractivity contribution < 1.29 is 63.3 Å². The van der Waals surface area contributed by atoms with E-state index in [-0.39, 0.29) is 57.1 Å². The minimum Gasteiger partial charge on any atom is -0.481 e. The molecule has 0 aliphatic rings. The van der Waals surface area contributed by atoms with E-state index in [1.54, 1.807) is 13.8 Å². The highest BCUT2D eigenvalue weighted by molar-refractivity contribution is 5.98. The van der Waals surface area contributed by atoms with Crippen LogP contribution < -0.4 is 83.1 Å². The maximum absolute atomic E-state index is 14.2. The normalized spacial score (nSPS) is 15.1. The van der Waals surface area contributed by atoms with Crippen LogP contribution in [0.3, 0.4) is 0 Å². The van der Waals surface area contributed by atoms with Gasteiger partial charge in [0.15, 0.2) is 18.0 Å². The molecular weight excluding hydrogens is 963 g/mol. The highest BCUT2D eigenvalue weighted by Crippen LogP contribution is 2.13. The Hall–Kier alpha value is -6.92. The van der Waals surface area contributed by atoms with E-state index in [0.717, 1.165) is 6.92 Å². The molecule has 8 amide bonds. The molecule has 26 N–H and O–H groups in total. The summed E-state index contributed by atoms with van der Waals surface area (Å²) in [7, 11) is 0. The summed E-state index contributed by atoms with van der Waals surface area (Å²) >= 11 is 0. The second kappa shape index (κ2) is 36.1. The fourth-order valence-corrected chi connectivity index (χ4v) is 6.85. The quantitative estimate of drug-likeness (QED) is 0.0155. The van der Waals surface area contributed by atoms with Gasteiger partial charge < -0.3 is 98.4 Å². The van der Waals surface area contributed by atoms with Crippen molar-refractivity contribution in [2.75, 3.05) is 26.2 Å². The van der Waals surface area contributed by atoms with Crippen molar-refractivity contribution in [1.29, 1.82) is 0 Å². The number of carboxylic acid groups (broad SMARTS) is 2. The van der Waals surface area contributed by atoms with Crippen molar-refractivity contribution in [2.45, 2.75) is 165 Å². The van der Waals surface area contributed by atoms with E-state index < -0.39 is 139 Å². The predicted molar refractivity (Wildman–Crippen MR) is 267 cm³/mol. The van der Waals surface area contributed by atoms with Crippen LogP contribution in [-0.2, 0) is 47.9 Å². The largest absolute Gasteiger partial charge is 0.481 e. The van der Waals surface area contributed by atoms with E-state index in [0.29, 0.717) is 51.6 Å². The van der Waals surface area contributed by atoms with E-state index in [2.05, 4.69) is 41.9 Å². The molecule has 0 radical (unpaired) electrons. The molecule has 73 heavy (non-hydrogen) atoms. The van der Waals surface area contributed by atoms with Crippen LogP contribution in [0, 0.1) is 5.92 Å². The van der Waals surface area contributed by atoms with E-state index in [1.165, 1.54) is 0 Å². The molecule has 0 saturated heterocycles. The molecule has 30 heteroatoms. The van der Waals surface area contributed by atoms with Crippen molar-refractivity contribution in [3.63, 3.8) is 0 Å². The SMILES string of the molecule is CCC(C)C(NC(=O)C(CCCCN)NC(=O)C(N)CCCCN)C(=O)NC(CCC(=O)O)C(=O)NC(CCCN=C(N)N)C(=O)NC(CCCN=C(N)N)C(=O)NC(CC(N)=O)C(=O)NC(C(=O)O)C(C)O. The molecule has 0 aliphatic heterocycles. The summed E-state index contributed by atoms with van der Waals surface area (Å²) in [6.07, 6.45) is -1.24. The Kier molecular flexibility index (Phi) is 32.6. The molecule has 0 aliphatic carbocycles. The summed E-state index contributed by atoms with van der Waals surface area (Å²) in [5.41, 5.74) is 44.4. The Bertz CT molecular complexity index is 1880. The van der Waals surface area contributed by atoms with Gasteiger partial charge >= 0.3 is 11.9 Å². The van der Waals surface area contributed by atoms with Crippen LogP contribution in [0.2, 0.25) is 0 Å². The molecule has 0 aromatic rings. The maximum atomic E-state index is 14.2. The lowest BCUT2D eigenvalue weighted by atomic mass is 9.96. The van der Waals surface area contributed by atoms with Crippen molar-refractivity contribution in [3.8, 4) is 0 Å². The van der Waals surface area contributed by atoms with Gasteiger partial charge in [0.05, 0.1) is 18.6 Å². The lowest BCUT2D eigenvalue weighted by Gasteiger charge is -2.29. The molecule has 0 bridgehead atoms. The van der Waals surface area contributed by atoms with Gasteiger partial charge in [-0.2, -0.15) is 0 Å². The lowest BCUT2D eigenvalue weighted by Crippen LogP contribution is -2.61. The number of nitrogens with two attached hydrogens (primary N) is 8. The fourth-order valence-electron chi connectivity index (χ4n) is 6.85. The van der Waals surface area contributed by atoms with Crippen molar-refractivity contribution in [1.82, 2.24) is 37.2 Å². The number of hydrogen-bond acceptors (Lipinski definition) is 16. The van der Waals surface area contributed by atoms with Crippen molar-refractivity contribution in [2.24, 2.45) is 61.8 Å². The first-order chi connectivity index (χ1) is 34.3. The summed E-state index contributed by atoms with van der Waals surface area (Å²) in [5, 5.41) is 46.0. The Morgan fingerprint density at radius 3 is 1.29 bits per heavy atom. The van der Waals surface area contributed by atoms with Gasteiger partial charge in [-0.1, -0.05) is 26.7 Å². The van der Waals surface area contributed by atoms with E-state index in [1.807, 2.05) is 5.32 Å². The summed E-state index contributed by atoms with van der Waals surface area (Å²) < 4.78 is 0. The van der Waals surface area contributed by atoms with Gasteiger partial charge in [0, 0.05) is 19.5 Å². The summed E-state index contributed by atoms with van der Waals surface area (Å²) in [6.45, 7) is 5.00. The van der Waals surface area contributed by atoms with E-state index in [9.17, 15) is 63.3 Å². The Morgan fingerprint density at radius 1 is 0.493 bits per heavy atom. The highest BCUT2D eigenvalue weighted by atomic mass is 16.4. The third-order valence-electron chi connectivity index (χ3n) is 11.2. The molecular formula is C43H81N17O13. The molecule has 0 rings (SSSR count). The fraction of sp³-hybridized carbons (Fsp3) is 0.721. The van der Waals surface area contributed by atoms with Gasteiger partial charge in [0.1, 0.15) is 36.3 Å². The first kappa shape index (κ1) is 66.1. The van der Waals surface area contributed by atoms with Gasteiger partial charge in [0.25, 0.3) is 0 Å². The number of rotatable bonds is 39. The van der Waals surface area contributed by atoms with Gasteiger partial charge in [-0.15, -0.1) is 0 Å². The van der Waals surface area contributed by atoms with Crippen LogP contribution in [0.1, 0.15) is 111 Å². The topological polar surface area (TPSA) is 548 Å². The summed E-state index contributed by atoms with van der Waals surface area (Å²) in [5.74, 6) is -12.0. The third-order valence-corrected chi connectivity index (χ3v) is 11.2. The number of carbonyl (C=O) groups is 10. The molecule has 0 aromatic heterocycles. The van der Waals surface area contributed by atoms with Gasteiger partial charge in [-0.25, -0.2) is 4.79 Å². The molecule has 0 spiro atoms. The Morgan fingerprint density at radius 2 is 0.877 bits per heavy atom. The number of unbranched alkanes of at least 4 members (excludes halogenated alkanes) is 2. The zero-order valence-electron chi connectivity index (χ0n) is 41.9. The number of guanidine groups is 2. The monoisotopic (exact) mass is 1040 g/mol. The van der Waals surface area contributed by atoms with Gasteiger partial charge in [-0.3, -0.25) is 53.1 Å². The molecule has 10 unspecified atom stereocenters. The zero-order valence-corrected chi connectivity index (χ0v) is 41.9. The van der Waals surface area contributed by atoms with Gasteiger partial charge in [0.2, 0.25) is 47.3 Å². The minimum absolute atomic E-state index is 0.00829. The van der Waals surface area contributed by atoms with Crippen LogP contribution in [0.5, 0.6) is 0 Å². The number of carboxylic acids is 2. The Balaban J connectivity index is 7.00. The van der Waals surface area contributed by atoms with Crippen molar-refractivity contribution >= 4 is 71.1 Å². The third kappa shape index (κ3) is 28.1. The van der Waals surface area contributed by atoms with Crippen LogP contribution in [0.4, 0.5) is 0 Å². The lowest BCUT2D eigenvalue weighted by molar-refractivity contribution is -0.145. The number of hydrogen-bond donors (Lipinski definition) is 18. The summed E-state index contributed by atoms with van der Waals surface area (Å²) in [6, 6.07) is -12.0. The number of nitrogens with zero attached hydrogens (tertiary/aromatic N) is 2. The molecule has 416 valence electrons. The molecule has 0 heterocycles. The molecule has 0 saturated carbocycles. The van der Waals surface area contributed by atoms with E-state index in [4.69, 9.17) is 45.9 Å². The average Bonchev–Trinajstić information content (AvgIpc) is 3.31. The minimum atomic E-state index is -1.87. The molecule has 0 fully saturated rings. The first-order valence-corrected chi connectivity index (χ1v) is 24.1. The molecule has 10 atom stereocenters. The number of aliphatic imine (C=N–C) groups is 2. The number of aliphatic hydroxyl groups excluding tert-OH is 1. The maximum Gasteiger partial charge on any atom is 0.328 e. The predicted octanol–water partition coefficient (Wildman–Crippen LogP) is -6.68. The highest BCUT2D eigenvalue weighted by Gasteiger charge is 2.36. The van der Waals surface area contributed by atoms with Crippen LogP contribution in [0.25, 0.3) is 0 Å². The number of amides is 8. The number of primary amides is 1. The van der Waals surface area contributed by atoms with Crippen LogP contribution in [0.15, 0.2) is 9.98 Å². The van der Waals surface area contributed by atoms with Crippen LogP contribution in [-0.4, -0.2) is 167 Å². The summed E-state index contributed by atoms with van der Waals surface area (Å²) in [4.78, 5) is 140. The van der Waals surface area contributed by atoms with Gasteiger partial charge in [-0.05, 0) is 90.1 Å². The van der Waals surface area contributed by atoms with Crippen molar-refractivity contribution in [3.05, 3.63) is 0 Å². The Labute approximate surface area is 423 Å². The number of aliphatic carboxylic acids is 2. The first-order valence-electron chi connectivity index (χ1n) is 24.1. The average molecular weight is 1040 g/mol. The smallest absolute Gasteiger partial charge is 0.328 e. The molecule has 0 aromatic carbocycles. The zero-order chi connectivity index (χ0) is 55.8. The second-order valence-corrected chi connectivity index (χ2v) is 17.4. The van der Waals surface area contributed by atoms with E-state index >= 15 is 0 Å².